The van der Waals surface area contributed by atoms with Gasteiger partial charge >= 0.3 is 0 Å². The molecule has 2 aliphatic heterocycles. The van der Waals surface area contributed by atoms with E-state index in [1.807, 2.05) is 30.3 Å². The Morgan fingerprint density at radius 1 is 1.08 bits per heavy atom. The first-order valence-electron chi connectivity index (χ1n) is 7.37. The van der Waals surface area contributed by atoms with E-state index in [-0.39, 0.29) is 6.61 Å². The highest BCUT2D eigenvalue weighted by atomic mass is 16.7. The lowest BCUT2D eigenvalue weighted by Gasteiger charge is -2.46. The molecule has 6 atom stereocenters. The zero-order valence-corrected chi connectivity index (χ0v) is 12.9. The highest BCUT2D eigenvalue weighted by Gasteiger charge is 2.49. The predicted molar refractivity (Wildman–Crippen MR) is 81.5 cm³/mol. The molecule has 0 unspecified atom stereocenters. The van der Waals surface area contributed by atoms with Crippen molar-refractivity contribution < 1.29 is 18.9 Å². The van der Waals surface area contributed by atoms with Gasteiger partial charge in [-0.05, 0) is 11.1 Å². The summed E-state index contributed by atoms with van der Waals surface area (Å²) in [5, 5.41) is 7.44. The van der Waals surface area contributed by atoms with Gasteiger partial charge in [-0.3, -0.25) is 0 Å². The van der Waals surface area contributed by atoms with Gasteiger partial charge in [0, 0.05) is 22.5 Å². The number of hydrogen-bond donors (Lipinski definition) is 0. The Balaban J connectivity index is 1.88. The quantitative estimate of drug-likeness (QED) is 0.476. The van der Waals surface area contributed by atoms with Gasteiger partial charge in [-0.2, -0.15) is 0 Å². The van der Waals surface area contributed by atoms with Gasteiger partial charge in [-0.1, -0.05) is 40.6 Å². The molecular formula is C14H16N6O4. The number of fused-ring (bicyclic) bond motifs is 1. The van der Waals surface area contributed by atoms with Crippen LogP contribution in [-0.2, 0) is 18.9 Å². The van der Waals surface area contributed by atoms with E-state index in [1.165, 1.54) is 7.11 Å². The van der Waals surface area contributed by atoms with Crippen molar-refractivity contribution in [3.8, 4) is 0 Å². The summed E-state index contributed by atoms with van der Waals surface area (Å²) < 4.78 is 22.6. The summed E-state index contributed by atoms with van der Waals surface area (Å²) >= 11 is 0. The lowest BCUT2D eigenvalue weighted by Crippen LogP contribution is -2.60. The molecule has 0 saturated carbocycles. The molecule has 2 saturated heterocycles. The van der Waals surface area contributed by atoms with Crippen LogP contribution in [0.4, 0.5) is 0 Å². The molecule has 0 radical (unpaired) electrons. The van der Waals surface area contributed by atoms with Crippen LogP contribution in [0.3, 0.4) is 0 Å². The van der Waals surface area contributed by atoms with Crippen LogP contribution in [0.25, 0.3) is 20.9 Å². The minimum atomic E-state index is -0.835. The van der Waals surface area contributed by atoms with Gasteiger partial charge in [0.2, 0.25) is 0 Å². The standard InChI is InChI=1S/C14H16N6O4/c1-21-14-11(18-20-16)10(17-19-15)12-9(23-14)7-22-13(24-12)8-5-3-2-4-6-8/h2-6,9-14H,7H2,1H3/t9-,10-,11+,12-,13+,14+/m1/s1. The number of rotatable bonds is 4. The molecule has 0 amide bonds. The van der Waals surface area contributed by atoms with Crippen LogP contribution >= 0.6 is 0 Å². The van der Waals surface area contributed by atoms with E-state index < -0.39 is 36.9 Å². The zero-order chi connectivity index (χ0) is 16.9. The lowest BCUT2D eigenvalue weighted by atomic mass is 9.94. The van der Waals surface area contributed by atoms with E-state index in [2.05, 4.69) is 20.1 Å². The number of hydrogen-bond acceptors (Lipinski definition) is 6. The third-order valence-electron chi connectivity index (χ3n) is 4.01. The molecule has 1 aromatic rings. The fourth-order valence-corrected chi connectivity index (χ4v) is 2.93. The average Bonchev–Trinajstić information content (AvgIpc) is 2.64. The largest absolute Gasteiger partial charge is 0.355 e. The minimum Gasteiger partial charge on any atom is -0.355 e. The van der Waals surface area contributed by atoms with Gasteiger partial charge in [-0.15, -0.1) is 0 Å². The third kappa shape index (κ3) is 3.15. The monoisotopic (exact) mass is 332 g/mol. The summed E-state index contributed by atoms with van der Waals surface area (Å²) in [6, 6.07) is 7.81. The molecule has 2 fully saturated rings. The smallest absolute Gasteiger partial charge is 0.184 e. The first-order valence-corrected chi connectivity index (χ1v) is 7.37. The molecule has 126 valence electrons. The molecule has 3 rings (SSSR count). The molecule has 24 heavy (non-hydrogen) atoms. The van der Waals surface area contributed by atoms with E-state index in [9.17, 15) is 0 Å². The van der Waals surface area contributed by atoms with Crippen molar-refractivity contribution >= 4 is 0 Å². The van der Waals surface area contributed by atoms with Gasteiger partial charge in [-0.25, -0.2) is 0 Å². The van der Waals surface area contributed by atoms with Crippen molar-refractivity contribution in [1.82, 2.24) is 0 Å². The van der Waals surface area contributed by atoms with Gasteiger partial charge < -0.3 is 18.9 Å². The van der Waals surface area contributed by atoms with Crippen LogP contribution in [0.2, 0.25) is 0 Å². The number of methoxy groups -OCH3 is 1. The van der Waals surface area contributed by atoms with E-state index >= 15 is 0 Å². The van der Waals surface area contributed by atoms with Crippen molar-refractivity contribution in [2.24, 2.45) is 10.2 Å². The second-order valence-electron chi connectivity index (χ2n) is 5.35. The summed E-state index contributed by atoms with van der Waals surface area (Å²) in [4.78, 5) is 5.66. The molecule has 0 spiro atoms. The molecule has 0 aliphatic carbocycles. The Bertz CT molecular complexity index is 660. The average molecular weight is 332 g/mol. The molecule has 10 heteroatoms. The number of nitrogens with zero attached hydrogens (tertiary/aromatic N) is 6. The summed E-state index contributed by atoms with van der Waals surface area (Å²) in [5.74, 6) is 0. The van der Waals surface area contributed by atoms with Gasteiger partial charge in [0.15, 0.2) is 12.6 Å². The van der Waals surface area contributed by atoms with Gasteiger partial charge in [0.1, 0.15) is 6.10 Å². The third-order valence-corrected chi connectivity index (χ3v) is 4.01. The Labute approximate surface area is 137 Å². The first-order chi connectivity index (χ1) is 11.8. The molecule has 0 aromatic heterocycles. The van der Waals surface area contributed by atoms with Crippen LogP contribution in [0.15, 0.2) is 40.6 Å². The predicted octanol–water partition coefficient (Wildman–Crippen LogP) is 2.83. The van der Waals surface area contributed by atoms with E-state index in [0.717, 1.165) is 5.56 Å². The minimum absolute atomic E-state index is 0.241. The SMILES string of the molecule is CO[C@H]1O[C@@H]2CO[C@H](c3ccccc3)O[C@H]2[C@H](N=[N+]=[N-])[C@@H]1N=[N+]=[N-]. The van der Waals surface area contributed by atoms with Crippen molar-refractivity contribution in [1.29, 1.82) is 0 Å². The molecule has 2 heterocycles. The number of benzene rings is 1. The maximum absolute atomic E-state index is 8.89. The van der Waals surface area contributed by atoms with Crippen LogP contribution in [-0.4, -0.2) is 44.3 Å². The maximum atomic E-state index is 8.89. The van der Waals surface area contributed by atoms with Crippen molar-refractivity contribution in [2.75, 3.05) is 13.7 Å². The summed E-state index contributed by atoms with van der Waals surface area (Å²) in [6.45, 7) is 0.241. The van der Waals surface area contributed by atoms with E-state index in [1.54, 1.807) is 0 Å². The highest BCUT2D eigenvalue weighted by molar-refractivity contribution is 5.17. The van der Waals surface area contributed by atoms with E-state index in [4.69, 9.17) is 30.0 Å². The van der Waals surface area contributed by atoms with Crippen LogP contribution in [0.5, 0.6) is 0 Å². The lowest BCUT2D eigenvalue weighted by molar-refractivity contribution is -0.321. The Morgan fingerprint density at radius 3 is 2.46 bits per heavy atom. The summed E-state index contributed by atoms with van der Waals surface area (Å²) in [7, 11) is 1.43. The van der Waals surface area contributed by atoms with Crippen molar-refractivity contribution in [3.63, 3.8) is 0 Å². The second-order valence-corrected chi connectivity index (χ2v) is 5.35. The molecule has 0 bridgehead atoms. The topological polar surface area (TPSA) is 134 Å². The molecule has 2 aliphatic rings. The first kappa shape index (κ1) is 16.5. The van der Waals surface area contributed by atoms with Crippen LogP contribution in [0.1, 0.15) is 11.9 Å². The molecule has 1 aromatic carbocycles. The summed E-state index contributed by atoms with van der Waals surface area (Å²) in [6.07, 6.45) is -2.55. The van der Waals surface area contributed by atoms with Gasteiger partial charge in [0.05, 0.1) is 24.8 Å². The fraction of sp³-hybridized carbons (Fsp3) is 0.571. The van der Waals surface area contributed by atoms with Crippen molar-refractivity contribution in [3.05, 3.63) is 56.8 Å². The number of ether oxygens (including phenoxy) is 4. The second kappa shape index (κ2) is 7.50. The zero-order valence-electron chi connectivity index (χ0n) is 12.9. The fourth-order valence-electron chi connectivity index (χ4n) is 2.93. The highest BCUT2D eigenvalue weighted by Crippen LogP contribution is 2.36. The normalized spacial score (nSPS) is 35.2. The Hall–Kier alpha value is -2.32. The van der Waals surface area contributed by atoms with Crippen LogP contribution < -0.4 is 0 Å². The Morgan fingerprint density at radius 2 is 1.79 bits per heavy atom. The van der Waals surface area contributed by atoms with Crippen LogP contribution in [0, 0.1) is 0 Å². The molecule has 0 N–H and O–H groups in total. The Kier molecular flexibility index (Phi) is 5.17. The van der Waals surface area contributed by atoms with Crippen molar-refractivity contribution in [2.45, 2.75) is 36.9 Å². The van der Waals surface area contributed by atoms with Gasteiger partial charge in [0.25, 0.3) is 0 Å². The molecule has 10 nitrogen and oxygen atoms in total. The summed E-state index contributed by atoms with van der Waals surface area (Å²) in [5.41, 5.74) is 18.5. The number of azide groups is 2. The van der Waals surface area contributed by atoms with E-state index in [0.29, 0.717) is 0 Å². The molecular weight excluding hydrogens is 316 g/mol. The maximum Gasteiger partial charge on any atom is 0.184 e.